The van der Waals surface area contributed by atoms with E-state index in [0.29, 0.717) is 5.56 Å². The van der Waals surface area contributed by atoms with E-state index in [1.807, 2.05) is 36.4 Å². The third-order valence-electron chi connectivity index (χ3n) is 2.87. The van der Waals surface area contributed by atoms with Gasteiger partial charge in [0.1, 0.15) is 12.4 Å². The summed E-state index contributed by atoms with van der Waals surface area (Å²) in [6.07, 6.45) is 0.868. The number of carbonyl (C=O) groups excluding carboxylic acids is 1. The third-order valence-corrected chi connectivity index (χ3v) is 2.87. The summed E-state index contributed by atoms with van der Waals surface area (Å²) in [6, 6.07) is 16.2. The maximum absolute atomic E-state index is 11.2. The van der Waals surface area contributed by atoms with Crippen molar-refractivity contribution in [1.82, 2.24) is 0 Å². The van der Waals surface area contributed by atoms with Crippen LogP contribution in [-0.2, 0) is 9.53 Å². The molecule has 2 N–H and O–H groups in total. The van der Waals surface area contributed by atoms with Crippen LogP contribution in [-0.4, -0.2) is 28.8 Å². The van der Waals surface area contributed by atoms with E-state index in [4.69, 9.17) is 4.74 Å². The van der Waals surface area contributed by atoms with Gasteiger partial charge in [0.2, 0.25) is 0 Å². The zero-order valence-corrected chi connectivity index (χ0v) is 11.8. The van der Waals surface area contributed by atoms with Crippen LogP contribution in [0.3, 0.4) is 0 Å². The Bertz CT molecular complexity index is 653. The highest BCUT2D eigenvalue weighted by Gasteiger charge is 2.34. The summed E-state index contributed by atoms with van der Waals surface area (Å²) in [5.41, 5.74) is 1.54. The Morgan fingerprint density at radius 1 is 1.14 bits per heavy atom. The van der Waals surface area contributed by atoms with Gasteiger partial charge in [0.25, 0.3) is 0 Å². The molecule has 5 heteroatoms. The first-order chi connectivity index (χ1) is 10.6. The average Bonchev–Trinajstić information content (AvgIpc) is 2.56. The molecule has 0 bridgehead atoms. The van der Waals surface area contributed by atoms with Gasteiger partial charge in [-0.15, -0.1) is 0 Å². The van der Waals surface area contributed by atoms with Gasteiger partial charge in [0.15, 0.2) is 0 Å². The first kappa shape index (κ1) is 15.8. The number of aliphatic hydroxyl groups is 2. The molecular formula is C17H16O5. The Labute approximate surface area is 128 Å². The maximum Gasteiger partial charge on any atom is 0.396 e. The number of aliphatic hydroxyl groups excluding tert-OH is 1. The second kappa shape index (κ2) is 6.89. The SMILES string of the molecule is C=CC(=O)OC(O)(CO)Oc1ccccc1-c1ccccc1. The van der Waals surface area contributed by atoms with Crippen molar-refractivity contribution >= 4 is 5.97 Å². The van der Waals surface area contributed by atoms with E-state index in [-0.39, 0.29) is 5.75 Å². The number of benzene rings is 2. The van der Waals surface area contributed by atoms with Gasteiger partial charge in [-0.3, -0.25) is 0 Å². The van der Waals surface area contributed by atoms with Gasteiger partial charge in [-0.1, -0.05) is 55.1 Å². The fourth-order valence-electron chi connectivity index (χ4n) is 1.87. The van der Waals surface area contributed by atoms with Crippen LogP contribution in [0.4, 0.5) is 0 Å². The van der Waals surface area contributed by atoms with Crippen molar-refractivity contribution in [2.24, 2.45) is 0 Å². The molecule has 114 valence electrons. The maximum atomic E-state index is 11.2. The van der Waals surface area contributed by atoms with Crippen molar-refractivity contribution in [3.05, 3.63) is 67.3 Å². The number of hydrogen-bond donors (Lipinski definition) is 2. The quantitative estimate of drug-likeness (QED) is 0.485. The zero-order valence-electron chi connectivity index (χ0n) is 11.8. The Morgan fingerprint density at radius 2 is 1.77 bits per heavy atom. The molecule has 5 nitrogen and oxygen atoms in total. The molecule has 22 heavy (non-hydrogen) atoms. The summed E-state index contributed by atoms with van der Waals surface area (Å²) in [5.74, 6) is -3.12. The molecule has 0 aliphatic carbocycles. The number of esters is 1. The second-order valence-corrected chi connectivity index (χ2v) is 4.46. The Kier molecular flexibility index (Phi) is 4.93. The lowest BCUT2D eigenvalue weighted by Gasteiger charge is -2.26. The van der Waals surface area contributed by atoms with Gasteiger partial charge in [0, 0.05) is 11.6 Å². The molecule has 0 spiro atoms. The number of carbonyl (C=O) groups is 1. The Morgan fingerprint density at radius 3 is 2.41 bits per heavy atom. The van der Waals surface area contributed by atoms with Gasteiger partial charge in [-0.05, 0) is 11.6 Å². The molecule has 2 aromatic rings. The number of ether oxygens (including phenoxy) is 2. The predicted octanol–water partition coefficient (Wildman–Crippen LogP) is 2.10. The van der Waals surface area contributed by atoms with Crippen molar-refractivity contribution < 1.29 is 24.5 Å². The van der Waals surface area contributed by atoms with Crippen molar-refractivity contribution in [2.75, 3.05) is 6.61 Å². The van der Waals surface area contributed by atoms with E-state index < -0.39 is 18.5 Å². The second-order valence-electron chi connectivity index (χ2n) is 4.46. The van der Waals surface area contributed by atoms with Gasteiger partial charge in [-0.25, -0.2) is 4.79 Å². The lowest BCUT2D eigenvalue weighted by atomic mass is 10.1. The molecule has 0 aliphatic heterocycles. The van der Waals surface area contributed by atoms with E-state index in [2.05, 4.69) is 11.3 Å². The first-order valence-electron chi connectivity index (χ1n) is 6.60. The normalized spacial score (nSPS) is 13.0. The van der Waals surface area contributed by atoms with Gasteiger partial charge >= 0.3 is 11.9 Å². The van der Waals surface area contributed by atoms with Crippen molar-refractivity contribution in [3.63, 3.8) is 0 Å². The van der Waals surface area contributed by atoms with Gasteiger partial charge in [0.05, 0.1) is 0 Å². The molecule has 0 saturated heterocycles. The van der Waals surface area contributed by atoms with E-state index >= 15 is 0 Å². The van der Waals surface area contributed by atoms with E-state index in [9.17, 15) is 15.0 Å². The summed E-state index contributed by atoms with van der Waals surface area (Å²) in [6.45, 7) is 2.31. The molecular weight excluding hydrogens is 284 g/mol. The smallest absolute Gasteiger partial charge is 0.396 e. The molecule has 0 heterocycles. The van der Waals surface area contributed by atoms with Crippen LogP contribution in [0.1, 0.15) is 0 Å². The molecule has 1 unspecified atom stereocenters. The van der Waals surface area contributed by atoms with Crippen LogP contribution >= 0.6 is 0 Å². The highest BCUT2D eigenvalue weighted by molar-refractivity contribution is 5.81. The molecule has 0 fully saturated rings. The summed E-state index contributed by atoms with van der Waals surface area (Å²) < 4.78 is 9.98. The molecule has 0 aliphatic rings. The first-order valence-corrected chi connectivity index (χ1v) is 6.60. The molecule has 1 atom stereocenters. The predicted molar refractivity (Wildman–Crippen MR) is 80.8 cm³/mol. The van der Waals surface area contributed by atoms with Gasteiger partial charge < -0.3 is 19.7 Å². The standard InChI is InChI=1S/C17H16O5/c1-2-16(19)22-17(20,12-18)21-15-11-7-6-10-14(15)13-8-4-3-5-9-13/h2-11,18,20H,1,12H2. The van der Waals surface area contributed by atoms with Gasteiger partial charge in [-0.2, -0.15) is 0 Å². The zero-order chi connectivity index (χ0) is 16.0. The Balaban J connectivity index is 2.33. The molecule has 2 aromatic carbocycles. The van der Waals surface area contributed by atoms with Crippen LogP contribution < -0.4 is 4.74 Å². The van der Waals surface area contributed by atoms with E-state index in [0.717, 1.165) is 11.6 Å². The lowest BCUT2D eigenvalue weighted by Crippen LogP contribution is -2.44. The molecule has 0 amide bonds. The highest BCUT2D eigenvalue weighted by atomic mass is 16.8. The third kappa shape index (κ3) is 3.72. The molecule has 0 aromatic heterocycles. The minimum Gasteiger partial charge on any atom is -0.428 e. The summed E-state index contributed by atoms with van der Waals surface area (Å²) in [7, 11) is 0. The number of hydrogen-bond acceptors (Lipinski definition) is 5. The van der Waals surface area contributed by atoms with Crippen LogP contribution in [0.25, 0.3) is 11.1 Å². The van der Waals surface area contributed by atoms with Crippen LogP contribution in [0.2, 0.25) is 0 Å². The van der Waals surface area contributed by atoms with Crippen LogP contribution in [0, 0.1) is 0 Å². The fourth-order valence-corrected chi connectivity index (χ4v) is 1.87. The summed E-state index contributed by atoms with van der Waals surface area (Å²) in [5, 5.41) is 19.3. The van der Waals surface area contributed by atoms with E-state index in [1.54, 1.807) is 18.2 Å². The lowest BCUT2D eigenvalue weighted by molar-refractivity contribution is -0.313. The minimum absolute atomic E-state index is 0.266. The van der Waals surface area contributed by atoms with Crippen LogP contribution in [0.5, 0.6) is 5.75 Å². The van der Waals surface area contributed by atoms with Crippen molar-refractivity contribution in [3.8, 4) is 16.9 Å². The van der Waals surface area contributed by atoms with Crippen LogP contribution in [0.15, 0.2) is 67.3 Å². The monoisotopic (exact) mass is 300 g/mol. The highest BCUT2D eigenvalue weighted by Crippen LogP contribution is 2.31. The topological polar surface area (TPSA) is 76.0 Å². The molecule has 2 rings (SSSR count). The van der Waals surface area contributed by atoms with Crippen molar-refractivity contribution in [2.45, 2.75) is 5.97 Å². The minimum atomic E-state index is -2.48. The van der Waals surface area contributed by atoms with Crippen molar-refractivity contribution in [1.29, 1.82) is 0 Å². The van der Waals surface area contributed by atoms with E-state index in [1.165, 1.54) is 0 Å². The average molecular weight is 300 g/mol. The fraction of sp³-hybridized carbons (Fsp3) is 0.118. The number of rotatable bonds is 6. The Hall–Kier alpha value is -2.63. The number of para-hydroxylation sites is 1. The molecule has 0 saturated carbocycles. The summed E-state index contributed by atoms with van der Waals surface area (Å²) >= 11 is 0. The molecule has 0 radical (unpaired) electrons. The summed E-state index contributed by atoms with van der Waals surface area (Å²) in [4.78, 5) is 11.2. The largest absolute Gasteiger partial charge is 0.428 e.